The van der Waals surface area contributed by atoms with Gasteiger partial charge in [0.05, 0.1) is 6.10 Å². The molecule has 0 atom stereocenters. The summed E-state index contributed by atoms with van der Waals surface area (Å²) in [6, 6.07) is 0. The van der Waals surface area contributed by atoms with E-state index in [-0.39, 0.29) is 12.0 Å². The molecule has 0 aliphatic carbocycles. The van der Waals surface area contributed by atoms with Crippen LogP contribution < -0.4 is 16.4 Å². The van der Waals surface area contributed by atoms with Gasteiger partial charge in [0.2, 0.25) is 0 Å². The largest absolute Gasteiger partial charge is 0.382 e. The van der Waals surface area contributed by atoms with Gasteiger partial charge >= 0.3 is 0 Å². The van der Waals surface area contributed by atoms with Gasteiger partial charge in [0, 0.05) is 19.7 Å². The van der Waals surface area contributed by atoms with Gasteiger partial charge in [0.25, 0.3) is 5.91 Å². The van der Waals surface area contributed by atoms with Crippen LogP contribution in [0.25, 0.3) is 0 Å². The molecule has 1 amide bonds. The average molecular weight is 314 g/mol. The minimum absolute atomic E-state index is 0.153. The van der Waals surface area contributed by atoms with E-state index < -0.39 is 0 Å². The van der Waals surface area contributed by atoms with Crippen LogP contribution in [0, 0.1) is 0 Å². The van der Waals surface area contributed by atoms with Crippen molar-refractivity contribution in [2.45, 2.75) is 46.1 Å². The number of carbonyl (C=O) groups excluding carboxylic acids is 1. The number of nitrogens with one attached hydrogen (secondary N) is 2. The van der Waals surface area contributed by atoms with Gasteiger partial charge in [-0.25, -0.2) is 4.98 Å². The molecule has 0 unspecified atom stereocenters. The minimum Gasteiger partial charge on any atom is -0.382 e. The number of unbranched alkanes of at least 4 members (excludes halogenated alkanes) is 1. The van der Waals surface area contributed by atoms with Crippen LogP contribution >= 0.6 is 11.3 Å². The first-order valence-corrected chi connectivity index (χ1v) is 8.26. The van der Waals surface area contributed by atoms with Gasteiger partial charge in [-0.2, -0.15) is 0 Å². The quantitative estimate of drug-likeness (QED) is 0.577. The van der Waals surface area contributed by atoms with Crippen LogP contribution in [0.4, 0.5) is 10.9 Å². The first kappa shape index (κ1) is 17.7. The maximum Gasteiger partial charge on any atom is 0.265 e. The molecule has 1 rings (SSSR count). The van der Waals surface area contributed by atoms with Gasteiger partial charge < -0.3 is 21.1 Å². The lowest BCUT2D eigenvalue weighted by Gasteiger charge is -2.07. The van der Waals surface area contributed by atoms with Gasteiger partial charge in [-0.15, -0.1) is 0 Å². The molecule has 0 fully saturated rings. The fraction of sp³-hybridized carbons (Fsp3) is 0.714. The summed E-state index contributed by atoms with van der Waals surface area (Å²) in [6.07, 6.45) is 3.07. The lowest BCUT2D eigenvalue weighted by molar-refractivity contribution is 0.0754. The Bertz CT molecular complexity index is 435. The SMILES string of the molecule is CCCNc1nc(N)c(C(=O)NCCCCOC(C)C)s1. The maximum absolute atomic E-state index is 12.0. The summed E-state index contributed by atoms with van der Waals surface area (Å²) < 4.78 is 5.44. The first-order chi connectivity index (χ1) is 10.0. The zero-order valence-electron chi connectivity index (χ0n) is 13.1. The molecule has 0 radical (unpaired) electrons. The van der Waals surface area contributed by atoms with E-state index in [4.69, 9.17) is 10.5 Å². The molecule has 0 saturated heterocycles. The van der Waals surface area contributed by atoms with Crippen LogP contribution in [0.5, 0.6) is 0 Å². The van der Waals surface area contributed by atoms with E-state index in [1.54, 1.807) is 0 Å². The molecule has 1 aromatic heterocycles. The van der Waals surface area contributed by atoms with Gasteiger partial charge in [0.15, 0.2) is 5.13 Å². The summed E-state index contributed by atoms with van der Waals surface area (Å²) in [6.45, 7) is 8.26. The molecule has 0 saturated carbocycles. The summed E-state index contributed by atoms with van der Waals surface area (Å²) in [4.78, 5) is 16.6. The highest BCUT2D eigenvalue weighted by Gasteiger charge is 2.15. The number of hydrogen-bond acceptors (Lipinski definition) is 6. The van der Waals surface area contributed by atoms with Crippen LogP contribution in [0.2, 0.25) is 0 Å². The van der Waals surface area contributed by atoms with Crippen molar-refractivity contribution >= 4 is 28.2 Å². The molecule has 0 aliphatic heterocycles. The second-order valence-corrected chi connectivity index (χ2v) is 6.04. The Morgan fingerprint density at radius 2 is 2.14 bits per heavy atom. The number of thiazole rings is 1. The molecule has 1 heterocycles. The Hall–Kier alpha value is -1.34. The number of ether oxygens (including phenoxy) is 1. The van der Waals surface area contributed by atoms with E-state index in [0.717, 1.165) is 32.4 Å². The highest BCUT2D eigenvalue weighted by Crippen LogP contribution is 2.24. The van der Waals surface area contributed by atoms with Crippen molar-refractivity contribution in [1.82, 2.24) is 10.3 Å². The molecule has 7 heteroatoms. The standard InChI is InChI=1S/C14H26N4O2S/c1-4-7-17-14-18-12(15)11(21-14)13(19)16-8-5-6-9-20-10(2)3/h10H,4-9,15H2,1-3H3,(H,16,19)(H,17,18). The summed E-state index contributed by atoms with van der Waals surface area (Å²) >= 11 is 1.30. The van der Waals surface area contributed by atoms with Crippen LogP contribution in [0.3, 0.4) is 0 Å². The number of amides is 1. The van der Waals surface area contributed by atoms with Crippen molar-refractivity contribution in [1.29, 1.82) is 0 Å². The van der Waals surface area contributed by atoms with Crippen molar-refractivity contribution in [3.05, 3.63) is 4.88 Å². The Labute approximate surface area is 130 Å². The van der Waals surface area contributed by atoms with Crippen molar-refractivity contribution in [2.24, 2.45) is 0 Å². The molecular weight excluding hydrogens is 288 g/mol. The molecule has 6 nitrogen and oxygen atoms in total. The van der Waals surface area contributed by atoms with E-state index in [0.29, 0.717) is 22.4 Å². The van der Waals surface area contributed by atoms with Crippen LogP contribution in [-0.2, 0) is 4.74 Å². The van der Waals surface area contributed by atoms with Crippen LogP contribution in [0.15, 0.2) is 0 Å². The number of nitrogens with two attached hydrogens (primary N) is 1. The average Bonchev–Trinajstić information content (AvgIpc) is 2.81. The number of anilines is 2. The second-order valence-electron chi connectivity index (χ2n) is 5.04. The normalized spacial score (nSPS) is 10.9. The smallest absolute Gasteiger partial charge is 0.265 e. The number of aromatic nitrogens is 1. The van der Waals surface area contributed by atoms with E-state index in [9.17, 15) is 4.79 Å². The summed E-state index contributed by atoms with van der Waals surface area (Å²) in [5.41, 5.74) is 5.78. The Balaban J connectivity index is 2.30. The summed E-state index contributed by atoms with van der Waals surface area (Å²) in [5, 5.41) is 6.70. The third-order valence-electron chi connectivity index (χ3n) is 2.69. The molecule has 1 aromatic rings. The van der Waals surface area contributed by atoms with E-state index in [1.807, 2.05) is 13.8 Å². The molecule has 0 aromatic carbocycles. The molecule has 0 aliphatic rings. The number of hydrogen-bond donors (Lipinski definition) is 3. The van der Waals surface area contributed by atoms with Crippen LogP contribution in [0.1, 0.15) is 49.7 Å². The molecule has 120 valence electrons. The lowest BCUT2D eigenvalue weighted by Crippen LogP contribution is -2.24. The fourth-order valence-electron chi connectivity index (χ4n) is 1.63. The number of carbonyl (C=O) groups is 1. The highest BCUT2D eigenvalue weighted by atomic mass is 32.1. The monoisotopic (exact) mass is 314 g/mol. The van der Waals surface area contributed by atoms with Gasteiger partial charge in [-0.1, -0.05) is 18.3 Å². The van der Waals surface area contributed by atoms with Crippen molar-refractivity contribution in [2.75, 3.05) is 30.7 Å². The summed E-state index contributed by atoms with van der Waals surface area (Å²) in [7, 11) is 0. The topological polar surface area (TPSA) is 89.3 Å². The molecule has 0 bridgehead atoms. The lowest BCUT2D eigenvalue weighted by atomic mass is 10.3. The van der Waals surface area contributed by atoms with Gasteiger partial charge in [-0.05, 0) is 33.1 Å². The van der Waals surface area contributed by atoms with Crippen LogP contribution in [-0.4, -0.2) is 36.7 Å². The van der Waals surface area contributed by atoms with E-state index in [2.05, 4.69) is 22.5 Å². The number of nitrogens with zero attached hydrogens (tertiary/aromatic N) is 1. The maximum atomic E-state index is 12.0. The van der Waals surface area contributed by atoms with Crippen molar-refractivity contribution in [3.8, 4) is 0 Å². The summed E-state index contributed by atoms with van der Waals surface area (Å²) in [5.74, 6) is 0.138. The second kappa shape index (κ2) is 9.57. The zero-order valence-corrected chi connectivity index (χ0v) is 13.9. The highest BCUT2D eigenvalue weighted by molar-refractivity contribution is 7.18. The van der Waals surface area contributed by atoms with Gasteiger partial charge in [0.1, 0.15) is 10.7 Å². The Morgan fingerprint density at radius 3 is 2.81 bits per heavy atom. The van der Waals surface area contributed by atoms with Crippen molar-refractivity contribution < 1.29 is 9.53 Å². The number of rotatable bonds is 10. The zero-order chi connectivity index (χ0) is 15.7. The number of nitrogen functional groups attached to an aromatic ring is 1. The van der Waals surface area contributed by atoms with E-state index >= 15 is 0 Å². The van der Waals surface area contributed by atoms with E-state index in [1.165, 1.54) is 11.3 Å². The molecule has 4 N–H and O–H groups in total. The van der Waals surface area contributed by atoms with Crippen molar-refractivity contribution in [3.63, 3.8) is 0 Å². The minimum atomic E-state index is -0.153. The third kappa shape index (κ3) is 6.77. The van der Waals surface area contributed by atoms with Gasteiger partial charge in [-0.3, -0.25) is 4.79 Å². The predicted octanol–water partition coefficient (Wildman–Crippen LogP) is 2.48. The Kier molecular flexibility index (Phi) is 8.07. The fourth-order valence-corrected chi connectivity index (χ4v) is 2.46. The predicted molar refractivity (Wildman–Crippen MR) is 88.0 cm³/mol. The molecule has 0 spiro atoms. The third-order valence-corrected chi connectivity index (χ3v) is 3.72. The molecular formula is C14H26N4O2S. The Morgan fingerprint density at radius 1 is 1.38 bits per heavy atom. The molecule has 21 heavy (non-hydrogen) atoms. The first-order valence-electron chi connectivity index (χ1n) is 7.44.